The van der Waals surface area contributed by atoms with Gasteiger partial charge in [-0.05, 0) is 30.5 Å². The minimum absolute atomic E-state index is 0.223. The Morgan fingerprint density at radius 1 is 1.42 bits per heavy atom. The fraction of sp³-hybridized carbons (Fsp3) is 0.375. The number of carbonyl (C=O) groups is 1. The quantitative estimate of drug-likeness (QED) is 0.541. The molecular formula is C16H15ClNO4S2+. The number of hydrogen-bond acceptors (Lipinski definition) is 5. The molecule has 0 N–H and O–H groups in total. The number of aromatic nitrogens is 1. The van der Waals surface area contributed by atoms with Crippen LogP contribution in [0.15, 0.2) is 27.7 Å². The van der Waals surface area contributed by atoms with Crippen LogP contribution in [-0.4, -0.2) is 27.2 Å². The Morgan fingerprint density at radius 3 is 2.79 bits per heavy atom. The van der Waals surface area contributed by atoms with E-state index in [-0.39, 0.29) is 17.5 Å². The van der Waals surface area contributed by atoms with Crippen LogP contribution in [0.1, 0.15) is 46.0 Å². The van der Waals surface area contributed by atoms with E-state index in [4.69, 9.17) is 16.1 Å². The van der Waals surface area contributed by atoms with Crippen molar-refractivity contribution >= 4 is 39.9 Å². The van der Waals surface area contributed by atoms with Crippen LogP contribution in [0.3, 0.4) is 0 Å². The first-order chi connectivity index (χ1) is 11.5. The van der Waals surface area contributed by atoms with E-state index >= 15 is 0 Å². The van der Waals surface area contributed by atoms with Crippen LogP contribution in [0, 0.1) is 0 Å². The van der Waals surface area contributed by atoms with Gasteiger partial charge in [0.15, 0.2) is 11.5 Å². The molecule has 1 aromatic heterocycles. The third-order valence-electron chi connectivity index (χ3n) is 3.99. The zero-order chi connectivity index (χ0) is 17.3. The number of benzene rings is 1. The molecule has 0 spiro atoms. The van der Waals surface area contributed by atoms with Crippen LogP contribution >= 0.6 is 11.6 Å². The Morgan fingerprint density at radius 2 is 2.17 bits per heavy atom. The summed E-state index contributed by atoms with van der Waals surface area (Å²) in [6.07, 6.45) is 5.28. The molecular weight excluding hydrogens is 370 g/mol. The average molecular weight is 385 g/mol. The lowest BCUT2D eigenvalue weighted by Crippen LogP contribution is -2.10. The molecule has 1 aromatic carbocycles. The maximum Gasteiger partial charge on any atom is 0.459 e. The van der Waals surface area contributed by atoms with Gasteiger partial charge >= 0.3 is 11.7 Å². The van der Waals surface area contributed by atoms with Gasteiger partial charge in [0.05, 0.1) is 32.5 Å². The summed E-state index contributed by atoms with van der Waals surface area (Å²) < 4.78 is 27.8. The van der Waals surface area contributed by atoms with Gasteiger partial charge in [0.2, 0.25) is 5.75 Å². The number of hydrogen-bond donors (Lipinski definition) is 0. The highest BCUT2D eigenvalue weighted by Crippen LogP contribution is 2.42. The van der Waals surface area contributed by atoms with Crippen LogP contribution < -0.4 is 0 Å². The molecule has 3 rings (SSSR count). The molecule has 0 bridgehead atoms. The van der Waals surface area contributed by atoms with Crippen molar-refractivity contribution in [2.75, 3.05) is 12.0 Å². The van der Waals surface area contributed by atoms with Gasteiger partial charge in [-0.1, -0.05) is 16.8 Å². The van der Waals surface area contributed by atoms with Crippen LogP contribution in [0.5, 0.6) is 0 Å². The van der Waals surface area contributed by atoms with E-state index in [1.54, 1.807) is 12.1 Å². The number of rotatable bonds is 7. The third kappa shape index (κ3) is 3.34. The van der Waals surface area contributed by atoms with E-state index < -0.39 is 10.8 Å². The SMILES string of the molecule is CS(=O)c1ccc(C(=O)c2cnoc2C2CC2)c(CC[S+]=O)c1Cl. The molecule has 1 fully saturated rings. The van der Waals surface area contributed by atoms with Crippen molar-refractivity contribution in [3.8, 4) is 0 Å². The first-order valence-corrected chi connectivity index (χ1v) is 10.3. The van der Waals surface area contributed by atoms with E-state index in [1.165, 1.54) is 12.5 Å². The van der Waals surface area contributed by atoms with Crippen molar-refractivity contribution in [1.29, 1.82) is 0 Å². The molecule has 5 nitrogen and oxygen atoms in total. The molecule has 0 amide bonds. The van der Waals surface area contributed by atoms with E-state index in [9.17, 15) is 13.2 Å². The fourth-order valence-corrected chi connectivity index (χ4v) is 4.13. The highest BCUT2D eigenvalue weighted by atomic mass is 35.5. The molecule has 0 saturated heterocycles. The Hall–Kier alpha value is -1.44. The van der Waals surface area contributed by atoms with Gasteiger partial charge in [-0.2, -0.15) is 0 Å². The summed E-state index contributed by atoms with van der Waals surface area (Å²) in [4.78, 5) is 13.4. The summed E-state index contributed by atoms with van der Waals surface area (Å²) in [5, 5.41) is 4.05. The lowest BCUT2D eigenvalue weighted by Gasteiger charge is -2.11. The standard InChI is InChI=1S/C16H15ClNO4S2/c1-24(21)13-5-4-11(10(14(13)17)6-7-23-20)15(19)12-8-18-22-16(12)9-2-3-9/h4-5,8-9H,2-3,6-7H2,1H3/q+1. The Bertz CT molecular complexity index is 829. The van der Waals surface area contributed by atoms with Gasteiger partial charge < -0.3 is 4.52 Å². The molecule has 8 heteroatoms. The summed E-state index contributed by atoms with van der Waals surface area (Å²) in [5.74, 6) is 0.923. The highest BCUT2D eigenvalue weighted by Gasteiger charge is 2.33. The molecule has 0 radical (unpaired) electrons. The smallest absolute Gasteiger partial charge is 0.360 e. The number of halogens is 1. The summed E-state index contributed by atoms with van der Waals surface area (Å²) in [5.41, 5.74) is 1.41. The number of ketones is 1. The zero-order valence-corrected chi connectivity index (χ0v) is 15.3. The first-order valence-electron chi connectivity index (χ1n) is 7.43. The second-order valence-electron chi connectivity index (χ2n) is 5.64. The van der Waals surface area contributed by atoms with Crippen molar-refractivity contribution in [2.45, 2.75) is 30.1 Å². The van der Waals surface area contributed by atoms with Crippen molar-refractivity contribution < 1.29 is 17.7 Å². The Balaban J connectivity index is 2.06. The predicted octanol–water partition coefficient (Wildman–Crippen LogP) is 3.14. The average Bonchev–Trinajstić information content (AvgIpc) is 3.29. The van der Waals surface area contributed by atoms with Crippen LogP contribution in [0.25, 0.3) is 0 Å². The van der Waals surface area contributed by atoms with Gasteiger partial charge in [-0.25, -0.2) is 0 Å². The van der Waals surface area contributed by atoms with E-state index in [0.29, 0.717) is 50.5 Å². The largest absolute Gasteiger partial charge is 0.459 e. The number of nitrogens with zero attached hydrogens (tertiary/aromatic N) is 1. The van der Waals surface area contributed by atoms with Gasteiger partial charge in [-0.15, -0.1) is 0 Å². The second-order valence-corrected chi connectivity index (χ2v) is 8.01. The van der Waals surface area contributed by atoms with Gasteiger partial charge in [0, 0.05) is 28.4 Å². The normalized spacial score (nSPS) is 15.2. The number of carbonyl (C=O) groups excluding carboxylic acids is 1. The first kappa shape index (κ1) is 17.4. The maximum absolute atomic E-state index is 13.0. The van der Waals surface area contributed by atoms with Crippen molar-refractivity contribution in [2.24, 2.45) is 0 Å². The lowest BCUT2D eigenvalue weighted by molar-refractivity contribution is 0.103. The molecule has 1 heterocycles. The van der Waals surface area contributed by atoms with E-state index in [0.717, 1.165) is 12.8 Å². The molecule has 126 valence electrons. The monoisotopic (exact) mass is 384 g/mol. The summed E-state index contributed by atoms with van der Waals surface area (Å²) in [6, 6.07) is 3.23. The molecule has 1 unspecified atom stereocenters. The van der Waals surface area contributed by atoms with Gasteiger partial charge in [0.25, 0.3) is 0 Å². The molecule has 1 atom stereocenters. The maximum atomic E-state index is 13.0. The second kappa shape index (κ2) is 7.21. The minimum Gasteiger partial charge on any atom is -0.360 e. The Kier molecular flexibility index (Phi) is 5.22. The van der Waals surface area contributed by atoms with Crippen LogP contribution in [0.2, 0.25) is 5.02 Å². The molecule has 1 saturated carbocycles. The predicted molar refractivity (Wildman–Crippen MR) is 92.3 cm³/mol. The Labute approximate surface area is 150 Å². The van der Waals surface area contributed by atoms with Gasteiger partial charge in [-0.3, -0.25) is 9.00 Å². The summed E-state index contributed by atoms with van der Waals surface area (Å²) >= 11 is 6.80. The highest BCUT2D eigenvalue weighted by molar-refractivity contribution is 7.84. The van der Waals surface area contributed by atoms with E-state index in [2.05, 4.69) is 5.16 Å². The summed E-state index contributed by atoms with van der Waals surface area (Å²) in [7, 11) is -1.28. The zero-order valence-electron chi connectivity index (χ0n) is 12.9. The van der Waals surface area contributed by atoms with Crippen molar-refractivity contribution in [3.05, 3.63) is 45.8 Å². The van der Waals surface area contributed by atoms with Crippen LogP contribution in [-0.2, 0) is 33.1 Å². The topological polar surface area (TPSA) is 77.2 Å². The lowest BCUT2D eigenvalue weighted by atomic mass is 9.96. The molecule has 2 aromatic rings. The van der Waals surface area contributed by atoms with Crippen molar-refractivity contribution in [1.82, 2.24) is 5.16 Å². The van der Waals surface area contributed by atoms with Crippen LogP contribution in [0.4, 0.5) is 0 Å². The molecule has 1 aliphatic carbocycles. The van der Waals surface area contributed by atoms with Gasteiger partial charge in [0.1, 0.15) is 0 Å². The molecule has 1 aliphatic rings. The van der Waals surface area contributed by atoms with Crippen molar-refractivity contribution in [3.63, 3.8) is 0 Å². The summed E-state index contributed by atoms with van der Waals surface area (Å²) in [6.45, 7) is 0. The fourth-order valence-electron chi connectivity index (χ4n) is 2.63. The minimum atomic E-state index is -1.28. The van der Waals surface area contributed by atoms with E-state index in [1.807, 2.05) is 0 Å². The molecule has 0 aliphatic heterocycles. The molecule has 24 heavy (non-hydrogen) atoms. The third-order valence-corrected chi connectivity index (χ3v) is 5.86.